The average Bonchev–Trinajstić information content (AvgIpc) is 2.95. The number of primary amides is 1. The average molecular weight is 353 g/mol. The maximum atomic E-state index is 12.1. The van der Waals surface area contributed by atoms with Crippen molar-refractivity contribution in [3.63, 3.8) is 0 Å². The molecule has 3 rings (SSSR count). The molecule has 1 amide bonds. The predicted molar refractivity (Wildman–Crippen MR) is 96.7 cm³/mol. The van der Waals surface area contributed by atoms with Gasteiger partial charge in [0.2, 0.25) is 11.9 Å². The van der Waals surface area contributed by atoms with E-state index in [-0.39, 0.29) is 0 Å². The zero-order valence-electron chi connectivity index (χ0n) is 14.7. The number of benzene rings is 1. The molecule has 2 heterocycles. The van der Waals surface area contributed by atoms with Crippen molar-refractivity contribution in [1.29, 1.82) is 0 Å². The van der Waals surface area contributed by atoms with Crippen LogP contribution in [0.25, 0.3) is 5.52 Å². The first-order chi connectivity index (χ1) is 12.4. The first kappa shape index (κ1) is 17.4. The number of anilines is 2. The van der Waals surface area contributed by atoms with Crippen LogP contribution in [-0.2, 0) is 4.74 Å². The van der Waals surface area contributed by atoms with Crippen LogP contribution in [0.5, 0.6) is 0 Å². The second-order valence-corrected chi connectivity index (χ2v) is 5.81. The Kier molecular flexibility index (Phi) is 4.57. The molecule has 1 aromatic carbocycles. The molecule has 2 aromatic heterocycles. The minimum atomic E-state index is -0.515. The fourth-order valence-electron chi connectivity index (χ4n) is 2.72. The summed E-state index contributed by atoms with van der Waals surface area (Å²) in [5.41, 5.74) is 9.15. The zero-order chi connectivity index (χ0) is 18.8. The lowest BCUT2D eigenvalue weighted by Crippen LogP contribution is -2.12. The van der Waals surface area contributed by atoms with Crippen LogP contribution >= 0.6 is 0 Å². The van der Waals surface area contributed by atoms with Crippen molar-refractivity contribution >= 4 is 29.0 Å². The second-order valence-electron chi connectivity index (χ2n) is 5.81. The van der Waals surface area contributed by atoms with Crippen LogP contribution < -0.4 is 11.1 Å². The quantitative estimate of drug-likeness (QED) is 0.681. The third-order valence-corrected chi connectivity index (χ3v) is 4.09. The lowest BCUT2D eigenvalue weighted by atomic mass is 10.1. The molecule has 3 aromatic rings. The highest BCUT2D eigenvalue weighted by molar-refractivity contribution is 5.94. The fourth-order valence-corrected chi connectivity index (χ4v) is 2.72. The molecule has 0 aliphatic carbocycles. The highest BCUT2D eigenvalue weighted by atomic mass is 16.5. The number of carbonyl (C=O) groups is 2. The van der Waals surface area contributed by atoms with Crippen LogP contribution in [0.4, 0.5) is 11.6 Å². The third kappa shape index (κ3) is 3.08. The largest absolute Gasteiger partial charge is 0.462 e. The molecule has 0 aliphatic rings. The molecule has 0 unspecified atom stereocenters. The van der Waals surface area contributed by atoms with Crippen molar-refractivity contribution in [1.82, 2.24) is 14.6 Å². The number of aryl methyl sites for hydroxylation is 2. The van der Waals surface area contributed by atoms with Crippen molar-refractivity contribution in [2.75, 3.05) is 11.9 Å². The monoisotopic (exact) mass is 353 g/mol. The van der Waals surface area contributed by atoms with Crippen LogP contribution in [0.2, 0.25) is 0 Å². The van der Waals surface area contributed by atoms with Gasteiger partial charge >= 0.3 is 5.97 Å². The van der Waals surface area contributed by atoms with Gasteiger partial charge in [-0.05, 0) is 44.5 Å². The van der Waals surface area contributed by atoms with E-state index in [1.165, 1.54) is 0 Å². The Morgan fingerprint density at radius 3 is 2.73 bits per heavy atom. The van der Waals surface area contributed by atoms with E-state index >= 15 is 0 Å². The summed E-state index contributed by atoms with van der Waals surface area (Å²) in [6.45, 7) is 5.75. The number of fused-ring (bicyclic) bond motifs is 1. The molecule has 0 aliphatic heterocycles. The summed E-state index contributed by atoms with van der Waals surface area (Å²) in [5.74, 6) is -0.495. The Labute approximate surface area is 150 Å². The number of carbonyl (C=O) groups excluding carboxylic acids is 2. The summed E-state index contributed by atoms with van der Waals surface area (Å²) >= 11 is 0. The first-order valence-electron chi connectivity index (χ1n) is 8.10. The van der Waals surface area contributed by atoms with Gasteiger partial charge in [0.15, 0.2) is 0 Å². The van der Waals surface area contributed by atoms with E-state index in [0.29, 0.717) is 40.6 Å². The lowest BCUT2D eigenvalue weighted by Gasteiger charge is -2.12. The SMILES string of the molecule is CCOC(=O)c1cc2cnnc(Nc3cc(C(N)=O)ccc3C)n2c1C. The molecule has 0 bridgehead atoms. The Morgan fingerprint density at radius 2 is 2.04 bits per heavy atom. The van der Waals surface area contributed by atoms with Crippen LogP contribution in [0.3, 0.4) is 0 Å². The van der Waals surface area contributed by atoms with Gasteiger partial charge in [0.25, 0.3) is 0 Å². The van der Waals surface area contributed by atoms with E-state index in [4.69, 9.17) is 10.5 Å². The molecule has 0 fully saturated rings. The Morgan fingerprint density at radius 1 is 1.27 bits per heavy atom. The number of nitrogens with two attached hydrogens (primary N) is 1. The van der Waals surface area contributed by atoms with Gasteiger partial charge in [-0.15, -0.1) is 5.10 Å². The van der Waals surface area contributed by atoms with E-state index in [1.807, 2.05) is 6.92 Å². The first-order valence-corrected chi connectivity index (χ1v) is 8.10. The molecule has 0 atom stereocenters. The molecule has 26 heavy (non-hydrogen) atoms. The minimum absolute atomic E-state index is 0.297. The maximum Gasteiger partial charge on any atom is 0.339 e. The molecule has 134 valence electrons. The van der Waals surface area contributed by atoms with Crippen LogP contribution in [0.15, 0.2) is 30.5 Å². The van der Waals surface area contributed by atoms with Gasteiger partial charge in [-0.2, -0.15) is 5.10 Å². The van der Waals surface area contributed by atoms with E-state index in [2.05, 4.69) is 15.5 Å². The van der Waals surface area contributed by atoms with Crippen molar-refractivity contribution < 1.29 is 14.3 Å². The summed E-state index contributed by atoms with van der Waals surface area (Å²) in [5, 5.41) is 11.3. The zero-order valence-corrected chi connectivity index (χ0v) is 14.7. The lowest BCUT2D eigenvalue weighted by molar-refractivity contribution is 0.0525. The van der Waals surface area contributed by atoms with Crippen molar-refractivity contribution in [3.8, 4) is 0 Å². The summed E-state index contributed by atoms with van der Waals surface area (Å²) < 4.78 is 6.87. The van der Waals surface area contributed by atoms with E-state index < -0.39 is 11.9 Å². The minimum Gasteiger partial charge on any atom is -0.462 e. The van der Waals surface area contributed by atoms with Gasteiger partial charge in [-0.1, -0.05) is 6.07 Å². The Hall–Kier alpha value is -3.42. The van der Waals surface area contributed by atoms with E-state index in [0.717, 1.165) is 5.56 Å². The predicted octanol–water partition coefficient (Wildman–Crippen LogP) is 2.37. The van der Waals surface area contributed by atoms with Gasteiger partial charge in [0.05, 0.1) is 23.9 Å². The fraction of sp³-hybridized carbons (Fsp3) is 0.222. The normalized spacial score (nSPS) is 10.7. The summed E-state index contributed by atoms with van der Waals surface area (Å²) in [6, 6.07) is 6.82. The van der Waals surface area contributed by atoms with Crippen LogP contribution in [0.1, 0.15) is 38.9 Å². The number of amides is 1. The summed E-state index contributed by atoms with van der Waals surface area (Å²) in [6.07, 6.45) is 1.56. The standard InChI is InChI=1S/C18H19N5O3/c1-4-26-17(25)14-8-13-9-20-22-18(23(13)11(14)3)21-15-7-12(16(19)24)6-5-10(15)2/h5-9H,4H2,1-3H3,(H2,19,24)(H,21,22). The van der Waals surface area contributed by atoms with Gasteiger partial charge in [-0.3, -0.25) is 9.20 Å². The van der Waals surface area contributed by atoms with Gasteiger partial charge in [0.1, 0.15) is 0 Å². The number of hydrogen-bond acceptors (Lipinski definition) is 6. The smallest absolute Gasteiger partial charge is 0.339 e. The molecule has 8 heteroatoms. The highest BCUT2D eigenvalue weighted by Crippen LogP contribution is 2.24. The topological polar surface area (TPSA) is 112 Å². The Balaban J connectivity index is 2.08. The number of nitrogens with zero attached hydrogens (tertiary/aromatic N) is 3. The molecular weight excluding hydrogens is 334 g/mol. The molecule has 3 N–H and O–H groups in total. The number of nitrogens with one attached hydrogen (secondary N) is 1. The van der Waals surface area contributed by atoms with Gasteiger partial charge < -0.3 is 15.8 Å². The summed E-state index contributed by atoms with van der Waals surface area (Å²) in [4.78, 5) is 23.6. The Bertz CT molecular complexity index is 1010. The maximum absolute atomic E-state index is 12.1. The number of rotatable bonds is 5. The molecule has 0 spiro atoms. The van der Waals surface area contributed by atoms with Crippen molar-refractivity contribution in [2.45, 2.75) is 20.8 Å². The molecular formula is C18H19N5O3. The van der Waals surface area contributed by atoms with Crippen molar-refractivity contribution in [2.24, 2.45) is 5.73 Å². The van der Waals surface area contributed by atoms with E-state index in [1.54, 1.807) is 48.7 Å². The van der Waals surface area contributed by atoms with Crippen molar-refractivity contribution in [3.05, 3.63) is 52.8 Å². The summed E-state index contributed by atoms with van der Waals surface area (Å²) in [7, 11) is 0. The molecule has 0 saturated carbocycles. The number of ether oxygens (including phenoxy) is 1. The number of aromatic nitrogens is 3. The highest BCUT2D eigenvalue weighted by Gasteiger charge is 2.18. The van der Waals surface area contributed by atoms with Gasteiger partial charge in [-0.25, -0.2) is 4.79 Å². The third-order valence-electron chi connectivity index (χ3n) is 4.09. The number of hydrogen-bond donors (Lipinski definition) is 2. The second kappa shape index (κ2) is 6.83. The van der Waals surface area contributed by atoms with Gasteiger partial charge in [0, 0.05) is 16.9 Å². The molecule has 8 nitrogen and oxygen atoms in total. The van der Waals surface area contributed by atoms with E-state index in [9.17, 15) is 9.59 Å². The van der Waals surface area contributed by atoms with Crippen LogP contribution in [0, 0.1) is 13.8 Å². The van der Waals surface area contributed by atoms with Crippen LogP contribution in [-0.4, -0.2) is 33.1 Å². The molecule has 0 saturated heterocycles. The number of esters is 1. The molecule has 0 radical (unpaired) electrons.